The number of aliphatic carboxylic acids is 1. The summed E-state index contributed by atoms with van der Waals surface area (Å²) in [5.74, 6) is -1.44. The number of nitrogens with one attached hydrogen (secondary N) is 2. The zero-order valence-corrected chi connectivity index (χ0v) is 11.9. The molecule has 1 rings (SSSR count). The summed E-state index contributed by atoms with van der Waals surface area (Å²) in [4.78, 5) is 34.2. The van der Waals surface area contributed by atoms with E-state index in [9.17, 15) is 14.4 Å². The Morgan fingerprint density at radius 1 is 1.25 bits per heavy atom. The van der Waals surface area contributed by atoms with Crippen LogP contribution in [0.25, 0.3) is 0 Å². The summed E-state index contributed by atoms with van der Waals surface area (Å²) < 4.78 is 0. The van der Waals surface area contributed by atoms with Gasteiger partial charge >= 0.3 is 12.0 Å². The highest BCUT2D eigenvalue weighted by Crippen LogP contribution is 2.32. The van der Waals surface area contributed by atoms with E-state index >= 15 is 0 Å². The molecule has 7 heteroatoms. The molecule has 1 saturated carbocycles. The van der Waals surface area contributed by atoms with Crippen molar-refractivity contribution in [3.8, 4) is 0 Å². The maximum Gasteiger partial charge on any atom is 0.312 e. The van der Waals surface area contributed by atoms with Gasteiger partial charge in [0.1, 0.15) is 6.04 Å². The first-order valence-electron chi connectivity index (χ1n) is 6.85. The SMILES string of the molecule is CC(C)C(NC(N)=O)C(=O)NC1(CC(=O)O)CCCC1. The lowest BCUT2D eigenvalue weighted by Gasteiger charge is -2.32. The van der Waals surface area contributed by atoms with Crippen molar-refractivity contribution in [1.29, 1.82) is 0 Å². The lowest BCUT2D eigenvalue weighted by Crippen LogP contribution is -2.57. The number of primary amides is 1. The topological polar surface area (TPSA) is 122 Å². The van der Waals surface area contributed by atoms with Gasteiger partial charge in [0, 0.05) is 0 Å². The number of amides is 3. The van der Waals surface area contributed by atoms with Crippen molar-refractivity contribution in [2.75, 3.05) is 0 Å². The maximum atomic E-state index is 12.3. The van der Waals surface area contributed by atoms with Crippen LogP contribution < -0.4 is 16.4 Å². The minimum Gasteiger partial charge on any atom is -0.481 e. The number of urea groups is 1. The van der Waals surface area contributed by atoms with E-state index in [1.54, 1.807) is 13.8 Å². The Morgan fingerprint density at radius 3 is 2.20 bits per heavy atom. The number of nitrogens with two attached hydrogens (primary N) is 1. The van der Waals surface area contributed by atoms with Crippen LogP contribution in [-0.4, -0.2) is 34.6 Å². The summed E-state index contributed by atoms with van der Waals surface area (Å²) in [7, 11) is 0. The quantitative estimate of drug-likeness (QED) is 0.570. The molecule has 0 aromatic heterocycles. The van der Waals surface area contributed by atoms with Gasteiger partial charge in [0.25, 0.3) is 0 Å². The number of carbonyl (C=O) groups is 3. The summed E-state index contributed by atoms with van der Waals surface area (Å²) in [5.41, 5.74) is 4.37. The first kappa shape index (κ1) is 16.3. The first-order valence-corrected chi connectivity index (χ1v) is 6.85. The van der Waals surface area contributed by atoms with Gasteiger partial charge in [0.15, 0.2) is 0 Å². The van der Waals surface area contributed by atoms with Gasteiger partial charge in [-0.3, -0.25) is 9.59 Å². The summed E-state index contributed by atoms with van der Waals surface area (Å²) in [6.45, 7) is 3.58. The van der Waals surface area contributed by atoms with Crippen LogP contribution in [0.1, 0.15) is 46.0 Å². The van der Waals surface area contributed by atoms with E-state index in [-0.39, 0.29) is 18.2 Å². The highest BCUT2D eigenvalue weighted by atomic mass is 16.4. The number of rotatable bonds is 6. The Labute approximate surface area is 118 Å². The molecule has 0 saturated heterocycles. The van der Waals surface area contributed by atoms with Crippen molar-refractivity contribution in [3.63, 3.8) is 0 Å². The van der Waals surface area contributed by atoms with Crippen LogP contribution in [0, 0.1) is 5.92 Å². The third kappa shape index (κ3) is 4.40. The smallest absolute Gasteiger partial charge is 0.312 e. The Morgan fingerprint density at radius 2 is 1.80 bits per heavy atom. The number of hydrogen-bond acceptors (Lipinski definition) is 3. The fraction of sp³-hybridized carbons (Fsp3) is 0.769. The summed E-state index contributed by atoms with van der Waals surface area (Å²) >= 11 is 0. The summed E-state index contributed by atoms with van der Waals surface area (Å²) in [6.07, 6.45) is 2.98. The van der Waals surface area contributed by atoms with E-state index in [4.69, 9.17) is 10.8 Å². The average Bonchev–Trinajstić information content (AvgIpc) is 2.72. The predicted molar refractivity (Wildman–Crippen MR) is 72.9 cm³/mol. The first-order chi connectivity index (χ1) is 9.26. The largest absolute Gasteiger partial charge is 0.481 e. The molecule has 7 nitrogen and oxygen atoms in total. The Kier molecular flexibility index (Phi) is 5.35. The van der Waals surface area contributed by atoms with E-state index in [0.717, 1.165) is 12.8 Å². The van der Waals surface area contributed by atoms with Crippen LogP contribution in [-0.2, 0) is 9.59 Å². The molecule has 1 aliphatic rings. The number of carbonyl (C=O) groups excluding carboxylic acids is 2. The van der Waals surface area contributed by atoms with E-state index in [2.05, 4.69) is 10.6 Å². The van der Waals surface area contributed by atoms with Gasteiger partial charge in [-0.25, -0.2) is 4.79 Å². The predicted octanol–water partition coefficient (Wildman–Crippen LogP) is 0.583. The Bertz CT molecular complexity index is 389. The molecule has 1 fully saturated rings. The lowest BCUT2D eigenvalue weighted by molar-refractivity contribution is -0.139. The molecule has 0 aromatic carbocycles. The molecule has 0 radical (unpaired) electrons. The number of hydrogen-bond donors (Lipinski definition) is 4. The average molecular weight is 285 g/mol. The second kappa shape index (κ2) is 6.58. The van der Waals surface area contributed by atoms with Gasteiger partial charge in [0.2, 0.25) is 5.91 Å². The van der Waals surface area contributed by atoms with E-state index < -0.39 is 23.6 Å². The van der Waals surface area contributed by atoms with Gasteiger partial charge in [-0.15, -0.1) is 0 Å². The minimum atomic E-state index is -0.934. The molecule has 1 atom stereocenters. The lowest BCUT2D eigenvalue weighted by atomic mass is 9.91. The third-order valence-electron chi connectivity index (χ3n) is 3.69. The van der Waals surface area contributed by atoms with Crippen molar-refractivity contribution in [2.24, 2.45) is 11.7 Å². The molecule has 20 heavy (non-hydrogen) atoms. The van der Waals surface area contributed by atoms with Gasteiger partial charge in [0.05, 0.1) is 12.0 Å². The third-order valence-corrected chi connectivity index (χ3v) is 3.69. The molecule has 1 aliphatic carbocycles. The van der Waals surface area contributed by atoms with Crippen molar-refractivity contribution in [2.45, 2.75) is 57.5 Å². The maximum absolute atomic E-state index is 12.3. The van der Waals surface area contributed by atoms with Gasteiger partial charge in [-0.05, 0) is 18.8 Å². The van der Waals surface area contributed by atoms with Crippen LogP contribution in [0.15, 0.2) is 0 Å². The molecule has 0 spiro atoms. The van der Waals surface area contributed by atoms with Crippen LogP contribution in [0.4, 0.5) is 4.79 Å². The van der Waals surface area contributed by atoms with Crippen LogP contribution >= 0.6 is 0 Å². The fourth-order valence-corrected chi connectivity index (χ4v) is 2.71. The molecule has 5 N–H and O–H groups in total. The summed E-state index contributed by atoms with van der Waals surface area (Å²) in [5, 5.41) is 14.2. The van der Waals surface area contributed by atoms with Crippen molar-refractivity contribution in [1.82, 2.24) is 10.6 Å². The highest BCUT2D eigenvalue weighted by molar-refractivity contribution is 5.87. The molecular weight excluding hydrogens is 262 g/mol. The molecule has 0 bridgehead atoms. The zero-order valence-electron chi connectivity index (χ0n) is 11.9. The normalized spacial score (nSPS) is 18.6. The van der Waals surface area contributed by atoms with Crippen molar-refractivity contribution < 1.29 is 19.5 Å². The molecule has 0 aliphatic heterocycles. The van der Waals surface area contributed by atoms with Crippen LogP contribution in [0.3, 0.4) is 0 Å². The number of carboxylic acid groups (broad SMARTS) is 1. The minimum absolute atomic E-state index is 0.0971. The van der Waals surface area contributed by atoms with Crippen molar-refractivity contribution >= 4 is 17.9 Å². The fourth-order valence-electron chi connectivity index (χ4n) is 2.71. The summed E-state index contributed by atoms with van der Waals surface area (Å²) in [6, 6.07) is -1.52. The van der Waals surface area contributed by atoms with E-state index in [0.29, 0.717) is 12.8 Å². The van der Waals surface area contributed by atoms with Crippen LogP contribution in [0.2, 0.25) is 0 Å². The van der Waals surface area contributed by atoms with Gasteiger partial charge in [-0.2, -0.15) is 0 Å². The van der Waals surface area contributed by atoms with E-state index in [1.165, 1.54) is 0 Å². The standard InChI is InChI=1S/C13H23N3O4/c1-8(2)10(15-12(14)20)11(19)16-13(7-9(17)18)5-3-4-6-13/h8,10H,3-7H2,1-2H3,(H,16,19)(H,17,18)(H3,14,15,20). The van der Waals surface area contributed by atoms with Gasteiger partial charge < -0.3 is 21.5 Å². The Hall–Kier alpha value is -1.79. The highest BCUT2D eigenvalue weighted by Gasteiger charge is 2.39. The number of carboxylic acids is 1. The molecule has 3 amide bonds. The van der Waals surface area contributed by atoms with Crippen molar-refractivity contribution in [3.05, 3.63) is 0 Å². The molecule has 1 unspecified atom stereocenters. The second-order valence-electron chi connectivity index (χ2n) is 5.78. The van der Waals surface area contributed by atoms with E-state index in [1.807, 2.05) is 0 Å². The molecule has 114 valence electrons. The van der Waals surface area contributed by atoms with Crippen LogP contribution in [0.5, 0.6) is 0 Å². The zero-order chi connectivity index (χ0) is 15.3. The molecular formula is C13H23N3O4. The monoisotopic (exact) mass is 285 g/mol. The van der Waals surface area contributed by atoms with Gasteiger partial charge in [-0.1, -0.05) is 26.7 Å². The molecule has 0 aromatic rings. The Balaban J connectivity index is 2.78. The molecule has 0 heterocycles. The second-order valence-corrected chi connectivity index (χ2v) is 5.78.